The summed E-state index contributed by atoms with van der Waals surface area (Å²) >= 11 is 0. The monoisotopic (exact) mass is 302 g/mol. The van der Waals surface area contributed by atoms with E-state index in [1.165, 1.54) is 0 Å². The Bertz CT molecular complexity index is 788. The van der Waals surface area contributed by atoms with Crippen LogP contribution in [0.5, 0.6) is 5.75 Å². The molecule has 0 fully saturated rings. The molecule has 1 heterocycles. The number of aryl methyl sites for hydroxylation is 2. The second kappa shape index (κ2) is 5.83. The van der Waals surface area contributed by atoms with Crippen LogP contribution in [0.25, 0.3) is 11.0 Å². The smallest absolute Gasteiger partial charge is 0.341 e. The van der Waals surface area contributed by atoms with E-state index in [0.29, 0.717) is 11.3 Å². The number of carboxylic acid groups (broad SMARTS) is 1. The highest BCUT2D eigenvalue weighted by Crippen LogP contribution is 2.32. The van der Waals surface area contributed by atoms with Gasteiger partial charge in [0, 0.05) is 17.0 Å². The van der Waals surface area contributed by atoms with Crippen molar-refractivity contribution in [1.82, 2.24) is 0 Å². The molecule has 5 heteroatoms. The summed E-state index contributed by atoms with van der Waals surface area (Å²) in [5, 5.41) is 9.71. The second-order valence-corrected chi connectivity index (χ2v) is 5.55. The Morgan fingerprint density at radius 2 is 2.00 bits per heavy atom. The topological polar surface area (TPSA) is 76.7 Å². The highest BCUT2D eigenvalue weighted by atomic mass is 16.5. The van der Waals surface area contributed by atoms with E-state index in [9.17, 15) is 9.59 Å². The minimum absolute atomic E-state index is 0.282. The van der Waals surface area contributed by atoms with E-state index in [-0.39, 0.29) is 5.63 Å². The van der Waals surface area contributed by atoms with Crippen LogP contribution in [0.15, 0.2) is 21.3 Å². The molecular weight excluding hydrogens is 284 g/mol. The van der Waals surface area contributed by atoms with E-state index in [4.69, 9.17) is 14.3 Å². The summed E-state index contributed by atoms with van der Waals surface area (Å²) in [5.74, 6) is -0.564. The van der Waals surface area contributed by atoms with Crippen LogP contribution in [0.4, 0.5) is 0 Å². The average Bonchev–Trinajstić information content (AvgIpc) is 2.52. The first-order valence-electron chi connectivity index (χ1n) is 7.56. The van der Waals surface area contributed by atoms with Crippen molar-refractivity contribution in [2.75, 3.05) is 6.61 Å². The van der Waals surface area contributed by atoms with Gasteiger partial charge in [-0.3, -0.25) is 0 Å². The predicted octanol–water partition coefficient (Wildman–Crippen LogP) is 2.70. The lowest BCUT2D eigenvalue weighted by Crippen LogP contribution is -2.16. The van der Waals surface area contributed by atoms with Crippen LogP contribution >= 0.6 is 0 Å². The van der Waals surface area contributed by atoms with Crippen LogP contribution in [-0.4, -0.2) is 17.7 Å². The number of fused-ring (bicyclic) bond motifs is 3. The van der Waals surface area contributed by atoms with Crippen molar-refractivity contribution in [3.8, 4) is 5.75 Å². The second-order valence-electron chi connectivity index (χ2n) is 5.55. The number of benzene rings is 1. The van der Waals surface area contributed by atoms with Gasteiger partial charge in [0.05, 0.1) is 0 Å². The third-order valence-electron chi connectivity index (χ3n) is 4.14. The van der Waals surface area contributed by atoms with Gasteiger partial charge in [-0.1, -0.05) is 6.92 Å². The van der Waals surface area contributed by atoms with E-state index in [0.717, 1.165) is 54.2 Å². The van der Waals surface area contributed by atoms with E-state index in [1.807, 2.05) is 13.0 Å². The number of aliphatic carboxylic acids is 1. The zero-order valence-electron chi connectivity index (χ0n) is 12.5. The predicted molar refractivity (Wildman–Crippen MR) is 81.6 cm³/mol. The number of carboxylic acids is 1. The Hall–Kier alpha value is -2.30. The first kappa shape index (κ1) is 14.6. The van der Waals surface area contributed by atoms with Crippen molar-refractivity contribution in [2.24, 2.45) is 0 Å². The Labute approximate surface area is 127 Å². The standard InChI is InChI=1S/C17H18O5/c1-2-10-7-13-11-5-3-4-6-12(11)17(20)22-15(13)8-14(10)21-9-16(18)19/h7-8H,2-6,9H2,1H3,(H,18,19). The molecule has 0 unspecified atom stereocenters. The number of ether oxygens (including phenoxy) is 1. The number of rotatable bonds is 4. The Balaban J connectivity index is 2.17. The lowest BCUT2D eigenvalue weighted by Gasteiger charge is -2.17. The van der Waals surface area contributed by atoms with Crippen molar-refractivity contribution in [3.63, 3.8) is 0 Å². The number of hydrogen-bond acceptors (Lipinski definition) is 4. The lowest BCUT2D eigenvalue weighted by atomic mass is 9.90. The first-order valence-corrected chi connectivity index (χ1v) is 7.56. The molecule has 0 saturated heterocycles. The van der Waals surface area contributed by atoms with Crippen molar-refractivity contribution < 1.29 is 19.1 Å². The molecule has 116 valence electrons. The maximum Gasteiger partial charge on any atom is 0.341 e. The fourth-order valence-electron chi connectivity index (χ4n) is 3.07. The highest BCUT2D eigenvalue weighted by Gasteiger charge is 2.19. The lowest BCUT2D eigenvalue weighted by molar-refractivity contribution is -0.139. The summed E-state index contributed by atoms with van der Waals surface area (Å²) in [5.41, 5.74) is 2.99. The van der Waals surface area contributed by atoms with Gasteiger partial charge >= 0.3 is 11.6 Å². The molecule has 1 aliphatic carbocycles. The molecule has 2 aromatic rings. The summed E-state index contributed by atoms with van der Waals surface area (Å²) in [7, 11) is 0. The maximum absolute atomic E-state index is 12.1. The quantitative estimate of drug-likeness (QED) is 0.879. The zero-order valence-corrected chi connectivity index (χ0v) is 12.5. The molecule has 5 nitrogen and oxygen atoms in total. The van der Waals surface area contributed by atoms with Crippen molar-refractivity contribution in [2.45, 2.75) is 39.0 Å². The van der Waals surface area contributed by atoms with E-state index in [2.05, 4.69) is 0 Å². The van der Waals surface area contributed by atoms with Gasteiger partial charge in [-0.2, -0.15) is 0 Å². The van der Waals surface area contributed by atoms with E-state index in [1.54, 1.807) is 6.07 Å². The van der Waals surface area contributed by atoms with Crippen LogP contribution in [-0.2, 0) is 24.1 Å². The third-order valence-corrected chi connectivity index (χ3v) is 4.14. The molecule has 3 rings (SSSR count). The van der Waals surface area contributed by atoms with Crippen LogP contribution in [0.2, 0.25) is 0 Å². The third kappa shape index (κ3) is 2.58. The van der Waals surface area contributed by atoms with E-state index >= 15 is 0 Å². The van der Waals surface area contributed by atoms with Gasteiger partial charge in [-0.05, 0) is 49.3 Å². The molecule has 1 aromatic heterocycles. The van der Waals surface area contributed by atoms with Gasteiger partial charge in [0.25, 0.3) is 0 Å². The molecule has 0 aliphatic heterocycles. The molecule has 22 heavy (non-hydrogen) atoms. The molecule has 1 aliphatic rings. The zero-order chi connectivity index (χ0) is 15.7. The Morgan fingerprint density at radius 1 is 1.27 bits per heavy atom. The average molecular weight is 302 g/mol. The van der Waals surface area contributed by atoms with E-state index < -0.39 is 12.6 Å². The SMILES string of the molecule is CCc1cc2c3c(c(=O)oc2cc1OCC(=O)O)CCCC3. The van der Waals surface area contributed by atoms with Crippen LogP contribution in [0.3, 0.4) is 0 Å². The van der Waals surface area contributed by atoms with Gasteiger partial charge < -0.3 is 14.3 Å². The fourth-order valence-corrected chi connectivity index (χ4v) is 3.07. The number of hydrogen-bond donors (Lipinski definition) is 1. The minimum Gasteiger partial charge on any atom is -0.481 e. The summed E-state index contributed by atoms with van der Waals surface area (Å²) in [6.45, 7) is 1.58. The van der Waals surface area contributed by atoms with Gasteiger partial charge in [-0.25, -0.2) is 9.59 Å². The molecule has 0 spiro atoms. The number of carbonyl (C=O) groups is 1. The van der Waals surface area contributed by atoms with Crippen molar-refractivity contribution in [1.29, 1.82) is 0 Å². The molecule has 0 bridgehead atoms. The van der Waals surface area contributed by atoms with Gasteiger partial charge in [0.2, 0.25) is 0 Å². The van der Waals surface area contributed by atoms with Crippen LogP contribution < -0.4 is 10.4 Å². The molecule has 0 saturated carbocycles. The summed E-state index contributed by atoms with van der Waals surface area (Å²) in [4.78, 5) is 22.8. The van der Waals surface area contributed by atoms with Crippen LogP contribution in [0, 0.1) is 0 Å². The normalized spacial score (nSPS) is 13.9. The van der Waals surface area contributed by atoms with Crippen LogP contribution in [0.1, 0.15) is 36.5 Å². The van der Waals surface area contributed by atoms with Gasteiger partial charge in [-0.15, -0.1) is 0 Å². The molecule has 0 amide bonds. The Morgan fingerprint density at radius 3 is 2.68 bits per heavy atom. The molecule has 1 aromatic carbocycles. The summed E-state index contributed by atoms with van der Waals surface area (Å²) in [6.07, 6.45) is 4.47. The van der Waals surface area contributed by atoms with Gasteiger partial charge in [0.1, 0.15) is 11.3 Å². The summed E-state index contributed by atoms with van der Waals surface area (Å²) in [6, 6.07) is 3.62. The molecule has 1 N–H and O–H groups in total. The van der Waals surface area contributed by atoms with Crippen molar-refractivity contribution in [3.05, 3.63) is 39.2 Å². The Kier molecular flexibility index (Phi) is 3.88. The molecule has 0 radical (unpaired) electrons. The molecule has 0 atom stereocenters. The fraction of sp³-hybridized carbons (Fsp3) is 0.412. The van der Waals surface area contributed by atoms with Gasteiger partial charge in [0.15, 0.2) is 6.61 Å². The summed E-state index contributed by atoms with van der Waals surface area (Å²) < 4.78 is 10.7. The largest absolute Gasteiger partial charge is 0.481 e. The minimum atomic E-state index is -1.03. The molecular formula is C17H18O5. The highest BCUT2D eigenvalue weighted by molar-refractivity contribution is 5.84. The van der Waals surface area contributed by atoms with Crippen molar-refractivity contribution >= 4 is 16.9 Å². The maximum atomic E-state index is 12.1. The first-order chi connectivity index (χ1) is 10.6.